The highest BCUT2D eigenvalue weighted by Gasteiger charge is 2.30. The second kappa shape index (κ2) is 13.6. The van der Waals surface area contributed by atoms with Gasteiger partial charge in [-0.1, -0.05) is 17.7 Å². The Morgan fingerprint density at radius 2 is 1.52 bits per heavy atom. The van der Waals surface area contributed by atoms with Gasteiger partial charge in [-0.3, -0.25) is 14.6 Å². The Kier molecular flexibility index (Phi) is 9.24. The minimum Gasteiger partial charge on any atom is -0.508 e. The van der Waals surface area contributed by atoms with Gasteiger partial charge in [-0.2, -0.15) is 0 Å². The minimum absolute atomic E-state index is 0.131. The third kappa shape index (κ3) is 7.12. The monoisotopic (exact) mass is 665 g/mol. The summed E-state index contributed by atoms with van der Waals surface area (Å²) < 4.78 is 6.59. The van der Waals surface area contributed by atoms with E-state index in [-0.39, 0.29) is 17.5 Å². The molecule has 0 spiro atoms. The number of ether oxygens (including phenoxy) is 1. The number of carbonyl (C=O) groups excluding carboxylic acids is 1. The Labute approximate surface area is 288 Å². The van der Waals surface area contributed by atoms with Gasteiger partial charge in [0.15, 0.2) is 0 Å². The molecule has 0 amide bonds. The number of hydrogen-bond acceptors (Lipinski definition) is 8. The average molecular weight is 666 g/mol. The minimum atomic E-state index is -0.438. The van der Waals surface area contributed by atoms with Crippen LogP contribution in [0.15, 0.2) is 72.3 Å². The summed E-state index contributed by atoms with van der Waals surface area (Å²) in [5, 5.41) is 21.5. The van der Waals surface area contributed by atoms with Crippen LogP contribution in [0.5, 0.6) is 11.5 Å². The van der Waals surface area contributed by atoms with Crippen LogP contribution in [0.2, 0.25) is 0 Å². The summed E-state index contributed by atoms with van der Waals surface area (Å²) in [4.78, 5) is 20.8. The van der Waals surface area contributed by atoms with Crippen molar-refractivity contribution in [2.24, 2.45) is 0 Å². The molecule has 2 saturated heterocycles. The molecule has 7 nitrogen and oxygen atoms in total. The van der Waals surface area contributed by atoms with E-state index in [1.165, 1.54) is 39.3 Å². The number of hydrogen-bond donors (Lipinski definition) is 2. The molecule has 8 heteroatoms. The molecule has 7 rings (SSSR count). The van der Waals surface area contributed by atoms with Gasteiger partial charge in [0.05, 0.1) is 6.54 Å². The molecule has 3 fully saturated rings. The lowest BCUT2D eigenvalue weighted by molar-refractivity contribution is -0.156. The zero-order chi connectivity index (χ0) is 33.4. The summed E-state index contributed by atoms with van der Waals surface area (Å²) >= 11 is 1.70. The predicted octanol–water partition coefficient (Wildman–Crippen LogP) is 7.89. The highest BCUT2D eigenvalue weighted by Crippen LogP contribution is 2.49. The molecule has 4 aromatic rings. The van der Waals surface area contributed by atoms with Crippen molar-refractivity contribution < 1.29 is 19.7 Å². The van der Waals surface area contributed by atoms with Gasteiger partial charge in [-0.05, 0) is 124 Å². The summed E-state index contributed by atoms with van der Waals surface area (Å²) in [5.41, 5.74) is 7.18. The van der Waals surface area contributed by atoms with Crippen LogP contribution in [-0.4, -0.2) is 83.4 Å². The number of thiophene rings is 1. The molecule has 0 atom stereocenters. The summed E-state index contributed by atoms with van der Waals surface area (Å²) in [6, 6.07) is 23.0. The van der Waals surface area contributed by atoms with Crippen LogP contribution in [0.4, 0.5) is 5.69 Å². The lowest BCUT2D eigenvalue weighted by atomic mass is 9.81. The number of aromatic hydroxyl groups is 2. The number of piperazine rings is 1. The zero-order valence-electron chi connectivity index (χ0n) is 28.4. The van der Waals surface area contributed by atoms with Gasteiger partial charge in [-0.25, -0.2) is 0 Å². The van der Waals surface area contributed by atoms with E-state index in [2.05, 4.69) is 45.0 Å². The van der Waals surface area contributed by atoms with Gasteiger partial charge < -0.3 is 19.8 Å². The van der Waals surface area contributed by atoms with Crippen molar-refractivity contribution in [1.82, 2.24) is 9.80 Å². The lowest BCUT2D eigenvalue weighted by Gasteiger charge is -2.43. The fourth-order valence-electron chi connectivity index (χ4n) is 7.45. The number of anilines is 1. The number of nitrogens with zero attached hydrogens (tertiary/aromatic N) is 3. The maximum Gasteiger partial charge on any atom is 0.320 e. The quantitative estimate of drug-likeness (QED) is 0.195. The molecule has 3 heterocycles. The zero-order valence-corrected chi connectivity index (χ0v) is 29.2. The van der Waals surface area contributed by atoms with Crippen LogP contribution in [0, 0.1) is 0 Å². The smallest absolute Gasteiger partial charge is 0.320 e. The largest absolute Gasteiger partial charge is 0.508 e. The predicted molar refractivity (Wildman–Crippen MR) is 196 cm³/mol. The average Bonchev–Trinajstić information content (AvgIpc) is 3.40. The van der Waals surface area contributed by atoms with Gasteiger partial charge in [0.1, 0.15) is 17.1 Å². The number of phenolic OH excluding ortho intramolecular Hbond substituents is 2. The number of fused-ring (bicyclic) bond motifs is 1. The fraction of sp³-hybridized carbons (Fsp3) is 0.425. The van der Waals surface area contributed by atoms with E-state index in [4.69, 9.17) is 4.74 Å². The van der Waals surface area contributed by atoms with Crippen molar-refractivity contribution in [3.8, 4) is 21.9 Å². The fourth-order valence-corrected chi connectivity index (χ4v) is 8.70. The molecule has 1 aromatic heterocycles. The summed E-state index contributed by atoms with van der Waals surface area (Å²) in [7, 11) is 0. The topological polar surface area (TPSA) is 76.5 Å². The summed E-state index contributed by atoms with van der Waals surface area (Å²) in [6.07, 6.45) is 5.70. The molecule has 3 aromatic carbocycles. The van der Waals surface area contributed by atoms with Gasteiger partial charge in [0.25, 0.3) is 0 Å². The summed E-state index contributed by atoms with van der Waals surface area (Å²) in [6.45, 7) is 12.0. The molecular weight excluding hydrogens is 619 g/mol. The van der Waals surface area contributed by atoms with E-state index in [0.29, 0.717) is 12.6 Å². The van der Waals surface area contributed by atoms with Crippen LogP contribution in [0.1, 0.15) is 64.0 Å². The second-order valence-electron chi connectivity index (χ2n) is 14.5. The van der Waals surface area contributed by atoms with Crippen LogP contribution < -0.4 is 4.90 Å². The number of rotatable bonds is 7. The van der Waals surface area contributed by atoms with Crippen molar-refractivity contribution in [2.45, 2.75) is 64.5 Å². The van der Waals surface area contributed by atoms with Gasteiger partial charge in [-0.15, -0.1) is 11.3 Å². The first kappa shape index (κ1) is 32.7. The molecule has 2 aliphatic heterocycles. The molecular formula is C40H47N3O4S. The third-order valence-electron chi connectivity index (χ3n) is 10.0. The second-order valence-corrected chi connectivity index (χ2v) is 15.6. The van der Waals surface area contributed by atoms with Gasteiger partial charge in [0, 0.05) is 71.5 Å². The normalized spacial score (nSPS) is 18.2. The highest BCUT2D eigenvalue weighted by molar-refractivity contribution is 7.22. The van der Waals surface area contributed by atoms with Crippen molar-refractivity contribution in [3.05, 3.63) is 83.4 Å². The number of allylic oxidation sites excluding steroid dienone is 1. The van der Waals surface area contributed by atoms with Gasteiger partial charge in [0.2, 0.25) is 0 Å². The van der Waals surface area contributed by atoms with Crippen LogP contribution in [-0.2, 0) is 9.53 Å². The molecule has 3 aliphatic rings. The Hall–Kier alpha value is -3.85. The van der Waals surface area contributed by atoms with E-state index < -0.39 is 5.60 Å². The number of carbonyl (C=O) groups is 1. The molecule has 252 valence electrons. The number of piperidine rings is 1. The number of esters is 1. The van der Waals surface area contributed by atoms with Crippen molar-refractivity contribution >= 4 is 38.7 Å². The molecule has 0 bridgehead atoms. The van der Waals surface area contributed by atoms with E-state index in [1.807, 2.05) is 39.0 Å². The van der Waals surface area contributed by atoms with E-state index >= 15 is 0 Å². The standard InChI is InChI=1S/C40H47N3O4S/c1-40(2,3)47-36(46)26-41-21-23-43(24-22-41)31-17-19-42(20-18-31)30-11-7-28(8-12-30)37(27-5-4-6-27)38-34-16-15-33(45)25-35(34)48-39(38)29-9-13-32(44)14-10-29/h7-16,25,31,44-45H,4-6,17-24,26H2,1-3H3. The molecule has 0 unspecified atom stereocenters. The number of benzene rings is 3. The first-order valence-corrected chi connectivity index (χ1v) is 18.2. The van der Waals surface area contributed by atoms with Crippen molar-refractivity contribution in [3.63, 3.8) is 0 Å². The van der Waals surface area contributed by atoms with E-state index in [0.717, 1.165) is 80.6 Å². The third-order valence-corrected chi connectivity index (χ3v) is 11.2. The first-order valence-electron chi connectivity index (χ1n) is 17.4. The Balaban J connectivity index is 1.05. The lowest BCUT2D eigenvalue weighted by Crippen LogP contribution is -2.54. The van der Waals surface area contributed by atoms with Crippen LogP contribution in [0.25, 0.3) is 26.1 Å². The van der Waals surface area contributed by atoms with Crippen LogP contribution in [0.3, 0.4) is 0 Å². The maximum atomic E-state index is 12.3. The summed E-state index contributed by atoms with van der Waals surface area (Å²) in [5.74, 6) is 0.404. The first-order chi connectivity index (χ1) is 23.1. The van der Waals surface area contributed by atoms with E-state index in [9.17, 15) is 15.0 Å². The molecule has 48 heavy (non-hydrogen) atoms. The molecule has 1 saturated carbocycles. The molecule has 0 radical (unpaired) electrons. The molecule has 2 N–H and O–H groups in total. The Bertz CT molecular complexity index is 1780. The highest BCUT2D eigenvalue weighted by atomic mass is 32.1. The Morgan fingerprint density at radius 1 is 0.854 bits per heavy atom. The van der Waals surface area contributed by atoms with Crippen molar-refractivity contribution in [1.29, 1.82) is 0 Å². The maximum absolute atomic E-state index is 12.3. The van der Waals surface area contributed by atoms with Gasteiger partial charge >= 0.3 is 5.97 Å². The Morgan fingerprint density at radius 3 is 2.15 bits per heavy atom. The van der Waals surface area contributed by atoms with E-state index in [1.54, 1.807) is 29.5 Å². The molecule has 1 aliphatic carbocycles. The SMILES string of the molecule is CC(C)(C)OC(=O)CN1CCN(C2CCN(c3ccc(C(=C4CCC4)c4c(-c5ccc(O)cc5)sc5cc(O)ccc45)cc3)CC2)CC1. The number of phenols is 2. The van der Waals surface area contributed by atoms with Crippen LogP contribution >= 0.6 is 11.3 Å². The van der Waals surface area contributed by atoms with Crippen molar-refractivity contribution in [2.75, 3.05) is 50.7 Å².